The highest BCUT2D eigenvalue weighted by Crippen LogP contribution is 2.25. The molecule has 0 atom stereocenters. The molecule has 0 aliphatic carbocycles. The van der Waals surface area contributed by atoms with E-state index in [0.717, 1.165) is 16.3 Å². The number of benzene rings is 1. The Kier molecular flexibility index (Phi) is 4.06. The van der Waals surface area contributed by atoms with Gasteiger partial charge in [0.1, 0.15) is 11.1 Å². The van der Waals surface area contributed by atoms with Crippen molar-refractivity contribution in [2.24, 2.45) is 0 Å². The summed E-state index contributed by atoms with van der Waals surface area (Å²) in [4.78, 5) is 4.36. The number of hydrogen-bond acceptors (Lipinski definition) is 3. The van der Waals surface area contributed by atoms with Crippen LogP contribution in [0.2, 0.25) is 0 Å². The van der Waals surface area contributed by atoms with Crippen LogP contribution in [0.3, 0.4) is 0 Å². The Morgan fingerprint density at radius 2 is 1.90 bits per heavy atom. The molecule has 1 heterocycles. The van der Waals surface area contributed by atoms with Crippen molar-refractivity contribution in [1.82, 2.24) is 4.98 Å². The van der Waals surface area contributed by atoms with Crippen LogP contribution in [0.5, 0.6) is 0 Å². The summed E-state index contributed by atoms with van der Waals surface area (Å²) in [6.45, 7) is 8.51. The smallest absolute Gasteiger partial charge is 0.134 e. The minimum Gasteiger partial charge on any atom is -0.241 e. The standard InChI is InChI=1S/C17H18N2S/c1-12-11-20-16(19-12)14(10-18)9-13-5-7-15(8-6-13)17(2,3)4/h5-9,11H,1-4H3/b14-9-. The van der Waals surface area contributed by atoms with Crippen molar-refractivity contribution in [2.75, 3.05) is 0 Å². The quantitative estimate of drug-likeness (QED) is 0.741. The van der Waals surface area contributed by atoms with Crippen molar-refractivity contribution in [2.45, 2.75) is 33.1 Å². The van der Waals surface area contributed by atoms with Gasteiger partial charge < -0.3 is 0 Å². The second-order valence-corrected chi connectivity index (χ2v) is 6.69. The van der Waals surface area contributed by atoms with Gasteiger partial charge in [-0.1, -0.05) is 45.0 Å². The number of nitrogens with zero attached hydrogens (tertiary/aromatic N) is 2. The van der Waals surface area contributed by atoms with Gasteiger partial charge in [-0.3, -0.25) is 0 Å². The van der Waals surface area contributed by atoms with E-state index in [2.05, 4.69) is 56.1 Å². The Morgan fingerprint density at radius 1 is 1.25 bits per heavy atom. The lowest BCUT2D eigenvalue weighted by molar-refractivity contribution is 0.590. The Bertz CT molecular complexity index is 664. The molecule has 3 heteroatoms. The van der Waals surface area contributed by atoms with Gasteiger partial charge in [0.05, 0.1) is 5.57 Å². The van der Waals surface area contributed by atoms with Crippen LogP contribution < -0.4 is 0 Å². The number of aryl methyl sites for hydroxylation is 1. The first kappa shape index (κ1) is 14.5. The van der Waals surface area contributed by atoms with Gasteiger partial charge in [0.15, 0.2) is 0 Å². The molecule has 102 valence electrons. The molecule has 2 aromatic rings. The van der Waals surface area contributed by atoms with Gasteiger partial charge in [0.25, 0.3) is 0 Å². The van der Waals surface area contributed by atoms with Crippen molar-refractivity contribution >= 4 is 23.0 Å². The molecule has 0 saturated heterocycles. The summed E-state index contributed by atoms with van der Waals surface area (Å²) in [7, 11) is 0. The highest BCUT2D eigenvalue weighted by atomic mass is 32.1. The van der Waals surface area contributed by atoms with E-state index in [0.29, 0.717) is 5.57 Å². The van der Waals surface area contributed by atoms with Gasteiger partial charge in [0.2, 0.25) is 0 Å². The van der Waals surface area contributed by atoms with E-state index in [1.165, 1.54) is 16.9 Å². The summed E-state index contributed by atoms with van der Waals surface area (Å²) in [6, 6.07) is 10.6. The number of nitriles is 1. The van der Waals surface area contributed by atoms with Crippen LogP contribution in [0.25, 0.3) is 11.6 Å². The molecule has 0 aliphatic rings. The summed E-state index contributed by atoms with van der Waals surface area (Å²) >= 11 is 1.51. The van der Waals surface area contributed by atoms with Crippen LogP contribution in [-0.4, -0.2) is 4.98 Å². The van der Waals surface area contributed by atoms with Crippen LogP contribution in [0, 0.1) is 18.3 Å². The first-order chi connectivity index (χ1) is 9.40. The van der Waals surface area contributed by atoms with E-state index in [1.807, 2.05) is 18.4 Å². The van der Waals surface area contributed by atoms with E-state index in [9.17, 15) is 5.26 Å². The molecule has 0 unspecified atom stereocenters. The molecule has 0 saturated carbocycles. The minimum atomic E-state index is 0.146. The van der Waals surface area contributed by atoms with Gasteiger partial charge in [-0.15, -0.1) is 11.3 Å². The average Bonchev–Trinajstić information content (AvgIpc) is 2.82. The predicted molar refractivity (Wildman–Crippen MR) is 85.5 cm³/mol. The fourth-order valence-corrected chi connectivity index (χ4v) is 2.63. The second-order valence-electron chi connectivity index (χ2n) is 5.84. The Balaban J connectivity index is 2.32. The van der Waals surface area contributed by atoms with E-state index in [4.69, 9.17) is 0 Å². The molecule has 0 spiro atoms. The van der Waals surface area contributed by atoms with Gasteiger partial charge in [-0.2, -0.15) is 5.26 Å². The molecule has 20 heavy (non-hydrogen) atoms. The third-order valence-corrected chi connectivity index (χ3v) is 4.05. The van der Waals surface area contributed by atoms with Crippen molar-refractivity contribution < 1.29 is 0 Å². The molecule has 2 rings (SSSR count). The second kappa shape index (κ2) is 5.60. The predicted octanol–water partition coefficient (Wildman–Crippen LogP) is 4.81. The topological polar surface area (TPSA) is 36.7 Å². The lowest BCUT2D eigenvalue weighted by Gasteiger charge is -2.18. The zero-order valence-electron chi connectivity index (χ0n) is 12.3. The number of allylic oxidation sites excluding steroid dienone is 1. The molecule has 2 nitrogen and oxygen atoms in total. The summed E-state index contributed by atoms with van der Waals surface area (Å²) in [5.41, 5.74) is 4.04. The SMILES string of the molecule is Cc1csc(/C(C#N)=C\c2ccc(C(C)(C)C)cc2)n1. The molecule has 1 aromatic heterocycles. The zero-order chi connectivity index (χ0) is 14.8. The third-order valence-electron chi connectivity index (χ3n) is 3.06. The highest BCUT2D eigenvalue weighted by Gasteiger charge is 2.12. The zero-order valence-corrected chi connectivity index (χ0v) is 13.1. The van der Waals surface area contributed by atoms with Crippen LogP contribution in [0.1, 0.15) is 42.6 Å². The molecule has 0 aliphatic heterocycles. The summed E-state index contributed by atoms with van der Waals surface area (Å²) < 4.78 is 0. The molecular weight excluding hydrogens is 264 g/mol. The number of thiazole rings is 1. The Hall–Kier alpha value is -1.92. The van der Waals surface area contributed by atoms with Crippen LogP contribution >= 0.6 is 11.3 Å². The van der Waals surface area contributed by atoms with Crippen LogP contribution in [0.15, 0.2) is 29.6 Å². The summed E-state index contributed by atoms with van der Waals surface area (Å²) in [5, 5.41) is 12.0. The maximum absolute atomic E-state index is 9.28. The Labute approximate surface area is 124 Å². The molecule has 1 aromatic carbocycles. The first-order valence-electron chi connectivity index (χ1n) is 6.55. The maximum Gasteiger partial charge on any atom is 0.134 e. The Morgan fingerprint density at radius 3 is 2.35 bits per heavy atom. The van der Waals surface area contributed by atoms with Gasteiger partial charge in [-0.25, -0.2) is 4.98 Å². The third kappa shape index (κ3) is 3.34. The molecule has 0 amide bonds. The molecular formula is C17H18N2S. The summed E-state index contributed by atoms with van der Waals surface area (Å²) in [6.07, 6.45) is 1.89. The van der Waals surface area contributed by atoms with Crippen LogP contribution in [0.4, 0.5) is 0 Å². The van der Waals surface area contributed by atoms with Gasteiger partial charge >= 0.3 is 0 Å². The minimum absolute atomic E-state index is 0.146. The largest absolute Gasteiger partial charge is 0.241 e. The lowest BCUT2D eigenvalue weighted by Crippen LogP contribution is -2.10. The van der Waals surface area contributed by atoms with Gasteiger partial charge in [0, 0.05) is 11.1 Å². The lowest BCUT2D eigenvalue weighted by atomic mass is 9.86. The first-order valence-corrected chi connectivity index (χ1v) is 7.43. The van der Waals surface area contributed by atoms with E-state index >= 15 is 0 Å². The molecule has 0 bridgehead atoms. The molecule has 0 N–H and O–H groups in total. The monoisotopic (exact) mass is 282 g/mol. The fourth-order valence-electron chi connectivity index (χ4n) is 1.87. The molecule has 0 radical (unpaired) electrons. The van der Waals surface area contributed by atoms with E-state index in [1.54, 1.807) is 0 Å². The van der Waals surface area contributed by atoms with E-state index in [-0.39, 0.29) is 5.41 Å². The van der Waals surface area contributed by atoms with Crippen molar-refractivity contribution in [3.8, 4) is 6.07 Å². The van der Waals surface area contributed by atoms with Crippen LogP contribution in [-0.2, 0) is 5.41 Å². The fraction of sp³-hybridized carbons (Fsp3) is 0.294. The molecule has 0 fully saturated rings. The number of hydrogen-bond donors (Lipinski definition) is 0. The van der Waals surface area contributed by atoms with Crippen molar-refractivity contribution in [1.29, 1.82) is 5.26 Å². The average molecular weight is 282 g/mol. The maximum atomic E-state index is 9.28. The normalized spacial score (nSPS) is 12.2. The van der Waals surface area contributed by atoms with E-state index < -0.39 is 0 Å². The van der Waals surface area contributed by atoms with Gasteiger partial charge in [-0.05, 0) is 29.5 Å². The summed E-state index contributed by atoms with van der Waals surface area (Å²) in [5.74, 6) is 0. The highest BCUT2D eigenvalue weighted by molar-refractivity contribution is 7.11. The van der Waals surface area contributed by atoms with Crippen molar-refractivity contribution in [3.63, 3.8) is 0 Å². The number of aromatic nitrogens is 1. The number of rotatable bonds is 2. The van der Waals surface area contributed by atoms with Crippen molar-refractivity contribution in [3.05, 3.63) is 51.5 Å².